The standard InChI is InChI=1S/C29H50O5/c1-20(8-5-14-28(2,3)33)23-12-13-24-22(9-6-15-29(23,24)4)11-10-21-18-25(31)27(26(32)19-21)34-17-7-16-30/h10-11,20,23-27,30-33H,5-9,12-19H2,1-4H3/b21-10?,22-11+/t20-,23?,24?,25-,26-,27?,29-/m1/s1. The molecule has 0 aromatic carbocycles. The molecule has 0 amide bonds. The van der Waals surface area contributed by atoms with Gasteiger partial charge in [0.2, 0.25) is 0 Å². The molecule has 0 aromatic rings. The second-order valence-electron chi connectivity index (χ2n) is 12.3. The van der Waals surface area contributed by atoms with E-state index in [1.54, 1.807) is 5.57 Å². The average molecular weight is 479 g/mol. The predicted octanol–water partition coefficient (Wildman–Crippen LogP) is 4.92. The first kappa shape index (κ1) is 27.9. The quantitative estimate of drug-likeness (QED) is 0.335. The van der Waals surface area contributed by atoms with E-state index in [4.69, 9.17) is 9.84 Å². The van der Waals surface area contributed by atoms with Crippen molar-refractivity contribution in [3.05, 3.63) is 23.3 Å². The highest BCUT2D eigenvalue weighted by Gasteiger charge is 2.50. The van der Waals surface area contributed by atoms with Gasteiger partial charge in [0.1, 0.15) is 6.10 Å². The lowest BCUT2D eigenvalue weighted by molar-refractivity contribution is -0.111. The zero-order valence-electron chi connectivity index (χ0n) is 22.0. The van der Waals surface area contributed by atoms with Gasteiger partial charge >= 0.3 is 0 Å². The summed E-state index contributed by atoms with van der Waals surface area (Å²) in [6, 6.07) is 0. The Labute approximate surface area is 207 Å². The van der Waals surface area contributed by atoms with E-state index < -0.39 is 23.9 Å². The van der Waals surface area contributed by atoms with Gasteiger partial charge in [-0.25, -0.2) is 0 Å². The van der Waals surface area contributed by atoms with Crippen LogP contribution in [0.15, 0.2) is 23.3 Å². The second-order valence-corrected chi connectivity index (χ2v) is 12.3. The topological polar surface area (TPSA) is 90.2 Å². The SMILES string of the molecule is C[C@H](CCCC(C)(C)O)C1CCC2/C(=C/C=C3C[C@@H](O)C(OCCCO)[C@H](O)C3)CCC[C@@]21C. The molecule has 5 nitrogen and oxygen atoms in total. The van der Waals surface area contributed by atoms with Crippen LogP contribution in [0.1, 0.15) is 98.3 Å². The molecule has 0 aliphatic heterocycles. The third-order valence-electron chi connectivity index (χ3n) is 9.02. The number of aliphatic hydroxyl groups is 4. The Morgan fingerprint density at radius 2 is 1.82 bits per heavy atom. The first-order valence-corrected chi connectivity index (χ1v) is 13.7. The molecule has 3 rings (SSSR count). The molecule has 0 radical (unpaired) electrons. The molecular formula is C29H50O5. The molecule has 196 valence electrons. The van der Waals surface area contributed by atoms with Gasteiger partial charge in [-0.05, 0) is 94.8 Å². The summed E-state index contributed by atoms with van der Waals surface area (Å²) in [4.78, 5) is 0. The van der Waals surface area contributed by atoms with Gasteiger partial charge in [0.05, 0.1) is 17.8 Å². The Balaban J connectivity index is 1.62. The molecule has 3 fully saturated rings. The summed E-state index contributed by atoms with van der Waals surface area (Å²) in [6.45, 7) is 9.17. The third-order valence-corrected chi connectivity index (χ3v) is 9.02. The van der Waals surface area contributed by atoms with E-state index in [9.17, 15) is 15.3 Å². The molecular weight excluding hydrogens is 428 g/mol. The van der Waals surface area contributed by atoms with Crippen LogP contribution in [0.5, 0.6) is 0 Å². The molecule has 4 N–H and O–H groups in total. The number of aliphatic hydroxyl groups excluding tert-OH is 3. The maximum Gasteiger partial charge on any atom is 0.110 e. The van der Waals surface area contributed by atoms with Crippen molar-refractivity contribution in [2.24, 2.45) is 23.2 Å². The van der Waals surface area contributed by atoms with Crippen molar-refractivity contribution in [3.8, 4) is 0 Å². The van der Waals surface area contributed by atoms with Crippen LogP contribution in [0, 0.1) is 23.2 Å². The molecule has 2 unspecified atom stereocenters. The molecule has 5 heteroatoms. The lowest BCUT2D eigenvalue weighted by Crippen LogP contribution is -2.44. The molecule has 6 atom stereocenters. The first-order valence-electron chi connectivity index (χ1n) is 13.7. The fourth-order valence-corrected chi connectivity index (χ4v) is 7.25. The van der Waals surface area contributed by atoms with E-state index in [1.807, 2.05) is 13.8 Å². The number of hydrogen-bond donors (Lipinski definition) is 4. The zero-order chi connectivity index (χ0) is 24.9. The Hall–Kier alpha value is -0.720. The highest BCUT2D eigenvalue weighted by Crippen LogP contribution is 2.60. The smallest absolute Gasteiger partial charge is 0.110 e. The monoisotopic (exact) mass is 478 g/mol. The maximum atomic E-state index is 10.5. The fraction of sp³-hybridized carbons (Fsp3) is 0.862. The van der Waals surface area contributed by atoms with Crippen molar-refractivity contribution >= 4 is 0 Å². The summed E-state index contributed by atoms with van der Waals surface area (Å²) in [6.07, 6.45) is 13.5. The summed E-state index contributed by atoms with van der Waals surface area (Å²) < 4.78 is 5.62. The average Bonchev–Trinajstić information content (AvgIpc) is 3.11. The summed E-state index contributed by atoms with van der Waals surface area (Å²) in [5, 5.41) is 40.1. The van der Waals surface area contributed by atoms with Crippen LogP contribution >= 0.6 is 0 Å². The Bertz CT molecular complexity index is 694. The second kappa shape index (κ2) is 12.0. The van der Waals surface area contributed by atoms with E-state index in [0.717, 1.165) is 30.8 Å². The minimum Gasteiger partial charge on any atom is -0.396 e. The van der Waals surface area contributed by atoms with E-state index in [1.165, 1.54) is 32.1 Å². The molecule has 0 spiro atoms. The molecule has 0 aromatic heterocycles. The fourth-order valence-electron chi connectivity index (χ4n) is 7.25. The van der Waals surface area contributed by atoms with Gasteiger partial charge < -0.3 is 25.2 Å². The van der Waals surface area contributed by atoms with Crippen molar-refractivity contribution in [1.82, 2.24) is 0 Å². The summed E-state index contributed by atoms with van der Waals surface area (Å²) in [7, 11) is 0. The largest absolute Gasteiger partial charge is 0.396 e. The van der Waals surface area contributed by atoms with Crippen LogP contribution in [0.3, 0.4) is 0 Å². The molecule has 3 aliphatic carbocycles. The van der Waals surface area contributed by atoms with Crippen LogP contribution in [0.25, 0.3) is 0 Å². The van der Waals surface area contributed by atoms with Crippen molar-refractivity contribution in [2.75, 3.05) is 13.2 Å². The summed E-state index contributed by atoms with van der Waals surface area (Å²) >= 11 is 0. The highest BCUT2D eigenvalue weighted by atomic mass is 16.5. The molecule has 0 bridgehead atoms. The maximum absolute atomic E-state index is 10.5. The van der Waals surface area contributed by atoms with Crippen molar-refractivity contribution in [3.63, 3.8) is 0 Å². The first-order chi connectivity index (χ1) is 16.0. The van der Waals surface area contributed by atoms with Gasteiger partial charge in [-0.1, -0.05) is 50.0 Å². The predicted molar refractivity (Wildman–Crippen MR) is 136 cm³/mol. The van der Waals surface area contributed by atoms with E-state index >= 15 is 0 Å². The zero-order valence-corrected chi connectivity index (χ0v) is 22.0. The Morgan fingerprint density at radius 3 is 2.47 bits per heavy atom. The lowest BCUT2D eigenvalue weighted by Gasteiger charge is -2.44. The van der Waals surface area contributed by atoms with Crippen LogP contribution in [-0.2, 0) is 4.74 Å². The molecule has 0 heterocycles. The van der Waals surface area contributed by atoms with E-state index in [0.29, 0.717) is 43.1 Å². The van der Waals surface area contributed by atoms with Gasteiger partial charge in [0.15, 0.2) is 0 Å². The summed E-state index contributed by atoms with van der Waals surface area (Å²) in [5.41, 5.74) is 2.43. The highest BCUT2D eigenvalue weighted by molar-refractivity contribution is 5.26. The minimum absolute atomic E-state index is 0.0538. The van der Waals surface area contributed by atoms with E-state index in [2.05, 4.69) is 26.0 Å². The van der Waals surface area contributed by atoms with Crippen molar-refractivity contribution in [2.45, 2.75) is 122 Å². The van der Waals surface area contributed by atoms with Crippen molar-refractivity contribution < 1.29 is 25.2 Å². The number of ether oxygens (including phenoxy) is 1. The van der Waals surface area contributed by atoms with Gasteiger partial charge in [0.25, 0.3) is 0 Å². The number of rotatable bonds is 10. The number of allylic oxidation sites excluding steroid dienone is 3. The summed E-state index contributed by atoms with van der Waals surface area (Å²) in [5.74, 6) is 2.06. The van der Waals surface area contributed by atoms with Crippen LogP contribution in [-0.4, -0.2) is 57.6 Å². The molecule has 3 aliphatic rings. The van der Waals surface area contributed by atoms with Gasteiger partial charge in [0, 0.05) is 13.2 Å². The normalized spacial score (nSPS) is 36.5. The van der Waals surface area contributed by atoms with Crippen molar-refractivity contribution in [1.29, 1.82) is 0 Å². The van der Waals surface area contributed by atoms with Crippen LogP contribution < -0.4 is 0 Å². The van der Waals surface area contributed by atoms with Gasteiger partial charge in [-0.15, -0.1) is 0 Å². The molecule has 3 saturated carbocycles. The van der Waals surface area contributed by atoms with Crippen LogP contribution in [0.4, 0.5) is 0 Å². The van der Waals surface area contributed by atoms with Gasteiger partial charge in [-0.2, -0.15) is 0 Å². The Kier molecular flexibility index (Phi) is 9.84. The molecule has 34 heavy (non-hydrogen) atoms. The third kappa shape index (κ3) is 6.94. The number of hydrogen-bond acceptors (Lipinski definition) is 5. The minimum atomic E-state index is -0.704. The molecule has 0 saturated heterocycles. The van der Waals surface area contributed by atoms with E-state index in [-0.39, 0.29) is 6.61 Å². The van der Waals surface area contributed by atoms with Gasteiger partial charge in [-0.3, -0.25) is 0 Å². The Morgan fingerprint density at radius 1 is 1.12 bits per heavy atom. The van der Waals surface area contributed by atoms with Crippen LogP contribution in [0.2, 0.25) is 0 Å². The lowest BCUT2D eigenvalue weighted by atomic mass is 9.60. The number of fused-ring (bicyclic) bond motifs is 1.